The van der Waals surface area contributed by atoms with Crippen LogP contribution in [0.2, 0.25) is 0 Å². The Morgan fingerprint density at radius 2 is 2.20 bits per heavy atom. The number of carboxylic acid groups (broad SMARTS) is 1. The summed E-state index contributed by atoms with van der Waals surface area (Å²) in [6, 6.07) is 0. The summed E-state index contributed by atoms with van der Waals surface area (Å²) < 4.78 is 5.11. The first-order valence-electron chi connectivity index (χ1n) is 5.40. The molecule has 15 heavy (non-hydrogen) atoms. The number of carbonyl (C=O) groups is 1. The molecule has 0 aromatic rings. The maximum atomic E-state index is 11.1. The zero-order valence-electron chi connectivity index (χ0n) is 9.69. The van der Waals surface area contributed by atoms with Crippen molar-refractivity contribution in [2.75, 3.05) is 7.11 Å². The average Bonchev–Trinajstić information content (AvgIpc) is 2.19. The Kier molecular flexibility index (Phi) is 3.91. The van der Waals surface area contributed by atoms with Gasteiger partial charge in [-0.3, -0.25) is 0 Å². The van der Waals surface area contributed by atoms with Gasteiger partial charge in [-0.1, -0.05) is 26.0 Å². The molecule has 0 saturated heterocycles. The Balaban J connectivity index is 2.78. The normalized spacial score (nSPS) is 23.8. The predicted octanol–water partition coefficient (Wildman–Crippen LogP) is 2.47. The molecule has 0 radical (unpaired) electrons. The Morgan fingerprint density at radius 1 is 1.53 bits per heavy atom. The molecule has 0 heterocycles. The van der Waals surface area contributed by atoms with E-state index in [1.165, 1.54) is 7.11 Å². The molecule has 1 aliphatic rings. The SMILES string of the molecule is COC(C(=O)O)C(C)(C)C1CC=CCC1. The van der Waals surface area contributed by atoms with E-state index >= 15 is 0 Å². The fourth-order valence-electron chi connectivity index (χ4n) is 2.41. The molecular weight excluding hydrogens is 192 g/mol. The van der Waals surface area contributed by atoms with Crippen LogP contribution in [-0.4, -0.2) is 24.3 Å². The van der Waals surface area contributed by atoms with Gasteiger partial charge in [-0.2, -0.15) is 0 Å². The first-order valence-corrected chi connectivity index (χ1v) is 5.40. The van der Waals surface area contributed by atoms with Crippen molar-refractivity contribution in [2.24, 2.45) is 11.3 Å². The molecule has 0 saturated carbocycles. The van der Waals surface area contributed by atoms with Gasteiger partial charge in [0.1, 0.15) is 0 Å². The highest BCUT2D eigenvalue weighted by Crippen LogP contribution is 2.39. The lowest BCUT2D eigenvalue weighted by Crippen LogP contribution is -2.43. The highest BCUT2D eigenvalue weighted by Gasteiger charge is 2.41. The summed E-state index contributed by atoms with van der Waals surface area (Å²) in [4.78, 5) is 11.1. The summed E-state index contributed by atoms with van der Waals surface area (Å²) in [5, 5.41) is 9.10. The molecule has 2 unspecified atom stereocenters. The second kappa shape index (κ2) is 4.79. The zero-order chi connectivity index (χ0) is 11.5. The molecule has 0 fully saturated rings. The van der Waals surface area contributed by atoms with Gasteiger partial charge in [0.15, 0.2) is 6.10 Å². The Labute approximate surface area is 91.1 Å². The molecule has 0 aromatic carbocycles. The van der Waals surface area contributed by atoms with Gasteiger partial charge in [-0.05, 0) is 25.2 Å². The van der Waals surface area contributed by atoms with Crippen LogP contribution < -0.4 is 0 Å². The molecule has 86 valence electrons. The minimum absolute atomic E-state index is 0.314. The smallest absolute Gasteiger partial charge is 0.333 e. The number of ether oxygens (including phenoxy) is 1. The van der Waals surface area contributed by atoms with Crippen molar-refractivity contribution in [3.63, 3.8) is 0 Å². The summed E-state index contributed by atoms with van der Waals surface area (Å²) in [6.45, 7) is 3.97. The summed E-state index contributed by atoms with van der Waals surface area (Å²) in [5.74, 6) is -0.472. The molecule has 0 aromatic heterocycles. The van der Waals surface area contributed by atoms with Crippen LogP contribution in [0.15, 0.2) is 12.2 Å². The van der Waals surface area contributed by atoms with Gasteiger partial charge in [0, 0.05) is 12.5 Å². The first kappa shape index (κ1) is 12.2. The lowest BCUT2D eigenvalue weighted by atomic mass is 9.69. The van der Waals surface area contributed by atoms with Crippen molar-refractivity contribution >= 4 is 5.97 Å². The van der Waals surface area contributed by atoms with Crippen LogP contribution in [0.25, 0.3) is 0 Å². The fourth-order valence-corrected chi connectivity index (χ4v) is 2.41. The lowest BCUT2D eigenvalue weighted by Gasteiger charge is -2.38. The third kappa shape index (κ3) is 2.59. The van der Waals surface area contributed by atoms with Crippen molar-refractivity contribution in [1.82, 2.24) is 0 Å². The number of hydrogen-bond donors (Lipinski definition) is 1. The first-order chi connectivity index (χ1) is 7.00. The topological polar surface area (TPSA) is 46.5 Å². The number of allylic oxidation sites excluding steroid dienone is 2. The minimum Gasteiger partial charge on any atom is -0.479 e. The monoisotopic (exact) mass is 212 g/mol. The molecule has 0 amide bonds. The summed E-state index contributed by atoms with van der Waals surface area (Å²) in [6.07, 6.45) is 6.65. The van der Waals surface area contributed by atoms with Crippen LogP contribution in [0.3, 0.4) is 0 Å². The molecule has 0 bridgehead atoms. The van der Waals surface area contributed by atoms with Crippen LogP contribution in [0.5, 0.6) is 0 Å². The Morgan fingerprint density at radius 3 is 2.60 bits per heavy atom. The second-order valence-corrected chi connectivity index (χ2v) is 4.76. The van der Waals surface area contributed by atoms with Gasteiger partial charge >= 0.3 is 5.97 Å². The van der Waals surface area contributed by atoms with Gasteiger partial charge in [0.2, 0.25) is 0 Å². The van der Waals surface area contributed by atoms with Crippen LogP contribution in [0.1, 0.15) is 33.1 Å². The van der Waals surface area contributed by atoms with Crippen LogP contribution >= 0.6 is 0 Å². The van der Waals surface area contributed by atoms with Crippen molar-refractivity contribution in [1.29, 1.82) is 0 Å². The summed E-state index contributed by atoms with van der Waals surface area (Å²) in [5.41, 5.74) is -0.314. The quantitative estimate of drug-likeness (QED) is 0.728. The standard InChI is InChI=1S/C12H20O3/c1-12(2,10(15-3)11(13)14)9-7-5-4-6-8-9/h4-5,9-10H,6-8H2,1-3H3,(H,13,14). The van der Waals surface area contributed by atoms with E-state index in [0.717, 1.165) is 19.3 Å². The third-order valence-corrected chi connectivity index (χ3v) is 3.46. The van der Waals surface area contributed by atoms with E-state index in [-0.39, 0.29) is 5.41 Å². The Hall–Kier alpha value is -0.830. The van der Waals surface area contributed by atoms with E-state index in [1.807, 2.05) is 13.8 Å². The molecular formula is C12H20O3. The van der Waals surface area contributed by atoms with Crippen molar-refractivity contribution in [3.05, 3.63) is 12.2 Å². The van der Waals surface area contributed by atoms with Gasteiger partial charge in [-0.15, -0.1) is 0 Å². The number of carboxylic acids is 1. The maximum Gasteiger partial charge on any atom is 0.333 e. The van der Waals surface area contributed by atoms with E-state index in [9.17, 15) is 4.79 Å². The molecule has 1 N–H and O–H groups in total. The molecule has 1 aliphatic carbocycles. The van der Waals surface area contributed by atoms with Crippen LogP contribution in [0, 0.1) is 11.3 Å². The highest BCUT2D eigenvalue weighted by molar-refractivity contribution is 5.73. The van der Waals surface area contributed by atoms with Crippen molar-refractivity contribution in [2.45, 2.75) is 39.2 Å². The Bertz CT molecular complexity index is 256. The van der Waals surface area contributed by atoms with Crippen LogP contribution in [0.4, 0.5) is 0 Å². The number of aliphatic carboxylic acids is 1. The van der Waals surface area contributed by atoms with Crippen LogP contribution in [-0.2, 0) is 9.53 Å². The maximum absolute atomic E-state index is 11.1. The van der Waals surface area contributed by atoms with E-state index in [4.69, 9.17) is 9.84 Å². The van der Waals surface area contributed by atoms with Gasteiger partial charge in [0.05, 0.1) is 0 Å². The van der Waals surface area contributed by atoms with E-state index < -0.39 is 12.1 Å². The van der Waals surface area contributed by atoms with Gasteiger partial charge in [0.25, 0.3) is 0 Å². The molecule has 3 nitrogen and oxygen atoms in total. The largest absolute Gasteiger partial charge is 0.479 e. The lowest BCUT2D eigenvalue weighted by molar-refractivity contribution is -0.159. The van der Waals surface area contributed by atoms with Gasteiger partial charge in [-0.25, -0.2) is 4.79 Å². The van der Waals surface area contributed by atoms with Crippen molar-refractivity contribution < 1.29 is 14.6 Å². The summed E-state index contributed by atoms with van der Waals surface area (Å²) >= 11 is 0. The summed E-state index contributed by atoms with van der Waals surface area (Å²) in [7, 11) is 1.47. The molecule has 0 aliphatic heterocycles. The van der Waals surface area contributed by atoms with E-state index in [0.29, 0.717) is 5.92 Å². The average molecular weight is 212 g/mol. The fraction of sp³-hybridized carbons (Fsp3) is 0.750. The van der Waals surface area contributed by atoms with E-state index in [1.54, 1.807) is 0 Å². The zero-order valence-corrected chi connectivity index (χ0v) is 9.69. The number of methoxy groups -OCH3 is 1. The minimum atomic E-state index is -0.864. The highest BCUT2D eigenvalue weighted by atomic mass is 16.5. The molecule has 0 spiro atoms. The third-order valence-electron chi connectivity index (χ3n) is 3.46. The van der Waals surface area contributed by atoms with Crippen molar-refractivity contribution in [3.8, 4) is 0 Å². The number of hydrogen-bond acceptors (Lipinski definition) is 2. The second-order valence-electron chi connectivity index (χ2n) is 4.76. The molecule has 3 heteroatoms. The number of rotatable bonds is 4. The van der Waals surface area contributed by atoms with Gasteiger partial charge < -0.3 is 9.84 Å². The molecule has 2 atom stereocenters. The van der Waals surface area contributed by atoms with E-state index in [2.05, 4.69) is 12.2 Å². The molecule has 1 rings (SSSR count). The predicted molar refractivity (Wildman–Crippen MR) is 58.7 cm³/mol.